The van der Waals surface area contributed by atoms with Crippen LogP contribution in [0, 0.1) is 12.7 Å². The van der Waals surface area contributed by atoms with E-state index in [1.165, 1.54) is 6.07 Å². The lowest BCUT2D eigenvalue weighted by molar-refractivity contribution is 0.169. The Labute approximate surface area is 82.2 Å². The normalized spacial score (nSPS) is 13.0. The maximum absolute atomic E-state index is 13.5. The molecule has 0 heterocycles. The Kier molecular flexibility index (Phi) is 3.28. The first kappa shape index (κ1) is 10.5. The van der Waals surface area contributed by atoms with Crippen LogP contribution in [-0.2, 0) is 0 Å². The molecule has 0 aliphatic heterocycles. The van der Waals surface area contributed by atoms with Crippen molar-refractivity contribution in [3.05, 3.63) is 34.1 Å². The van der Waals surface area contributed by atoms with Crippen LogP contribution in [0.5, 0.6) is 0 Å². The van der Waals surface area contributed by atoms with Crippen LogP contribution in [0.25, 0.3) is 0 Å². The lowest BCUT2D eigenvalue weighted by Crippen LogP contribution is -2.00. The number of aliphatic hydroxyl groups excluding tert-OH is 1. The van der Waals surface area contributed by atoms with E-state index in [-0.39, 0.29) is 0 Å². The summed E-state index contributed by atoms with van der Waals surface area (Å²) in [5, 5.41) is 9.84. The molecule has 0 aliphatic rings. The van der Waals surface area contributed by atoms with Gasteiger partial charge < -0.3 is 5.11 Å². The highest BCUT2D eigenvalue weighted by atomic mass is 35.5. The van der Waals surface area contributed by atoms with E-state index in [4.69, 9.17) is 11.6 Å². The van der Waals surface area contributed by atoms with Crippen molar-refractivity contribution >= 4 is 11.6 Å². The minimum absolute atomic E-state index is 0.324. The van der Waals surface area contributed by atoms with Crippen LogP contribution in [0.4, 0.5) is 4.39 Å². The summed E-state index contributed by atoms with van der Waals surface area (Å²) < 4.78 is 13.5. The molecule has 0 saturated carbocycles. The molecule has 1 atom stereocenters. The number of aliphatic hydroxyl groups is 1. The fourth-order valence-electron chi connectivity index (χ4n) is 1.16. The topological polar surface area (TPSA) is 20.2 Å². The van der Waals surface area contributed by atoms with Gasteiger partial charge in [-0.3, -0.25) is 0 Å². The summed E-state index contributed by atoms with van der Waals surface area (Å²) in [4.78, 5) is 0. The first-order valence-electron chi connectivity index (χ1n) is 4.20. The van der Waals surface area contributed by atoms with Crippen molar-refractivity contribution in [1.29, 1.82) is 0 Å². The van der Waals surface area contributed by atoms with Crippen LogP contribution in [0.3, 0.4) is 0 Å². The van der Waals surface area contributed by atoms with Crippen molar-refractivity contribution in [2.75, 3.05) is 0 Å². The molecular formula is C10H12ClFO. The van der Waals surface area contributed by atoms with Crippen LogP contribution in [-0.4, -0.2) is 5.11 Å². The monoisotopic (exact) mass is 202 g/mol. The number of hydrogen-bond acceptors (Lipinski definition) is 1. The van der Waals surface area contributed by atoms with Gasteiger partial charge in [0.2, 0.25) is 0 Å². The SMILES string of the molecule is CCC(O)c1ccc(Cl)c(C)c1F. The lowest BCUT2D eigenvalue weighted by Gasteiger charge is -2.11. The van der Waals surface area contributed by atoms with Crippen molar-refractivity contribution < 1.29 is 9.50 Å². The molecule has 1 N–H and O–H groups in total. The number of hydrogen-bond donors (Lipinski definition) is 1. The van der Waals surface area contributed by atoms with Gasteiger partial charge in [-0.2, -0.15) is 0 Å². The van der Waals surface area contributed by atoms with Crippen molar-refractivity contribution in [3.63, 3.8) is 0 Å². The fourth-order valence-corrected chi connectivity index (χ4v) is 1.31. The second-order valence-corrected chi connectivity index (χ2v) is 3.41. The zero-order valence-corrected chi connectivity index (χ0v) is 8.40. The highest BCUT2D eigenvalue weighted by molar-refractivity contribution is 6.31. The first-order valence-corrected chi connectivity index (χ1v) is 4.58. The summed E-state index contributed by atoms with van der Waals surface area (Å²) in [5.41, 5.74) is 0.719. The van der Waals surface area contributed by atoms with E-state index >= 15 is 0 Å². The number of benzene rings is 1. The Balaban J connectivity index is 3.18. The minimum Gasteiger partial charge on any atom is -0.388 e. The molecule has 0 radical (unpaired) electrons. The molecular weight excluding hydrogens is 191 g/mol. The van der Waals surface area contributed by atoms with Crippen LogP contribution in [0.2, 0.25) is 5.02 Å². The quantitative estimate of drug-likeness (QED) is 0.781. The maximum atomic E-state index is 13.5. The predicted octanol–water partition coefficient (Wildman–Crippen LogP) is 3.23. The third kappa shape index (κ3) is 2.01. The van der Waals surface area contributed by atoms with E-state index < -0.39 is 11.9 Å². The minimum atomic E-state index is -0.740. The Morgan fingerprint density at radius 1 is 1.54 bits per heavy atom. The molecule has 0 aromatic heterocycles. The van der Waals surface area contributed by atoms with Crippen LogP contribution >= 0.6 is 11.6 Å². The second-order valence-electron chi connectivity index (χ2n) is 3.00. The Morgan fingerprint density at radius 2 is 2.15 bits per heavy atom. The van der Waals surface area contributed by atoms with Gasteiger partial charge in [0, 0.05) is 16.1 Å². The van der Waals surface area contributed by atoms with E-state index in [1.807, 2.05) is 0 Å². The van der Waals surface area contributed by atoms with E-state index in [0.717, 1.165) is 0 Å². The second kappa shape index (κ2) is 4.07. The Bertz CT molecular complexity index is 312. The van der Waals surface area contributed by atoms with Gasteiger partial charge in [-0.25, -0.2) is 4.39 Å². The molecule has 13 heavy (non-hydrogen) atoms. The van der Waals surface area contributed by atoms with Gasteiger partial charge >= 0.3 is 0 Å². The molecule has 0 spiro atoms. The van der Waals surface area contributed by atoms with Crippen molar-refractivity contribution in [1.82, 2.24) is 0 Å². The third-order valence-electron chi connectivity index (χ3n) is 2.10. The highest BCUT2D eigenvalue weighted by Crippen LogP contribution is 2.26. The Hall–Kier alpha value is -0.600. The molecule has 0 fully saturated rings. The average Bonchev–Trinajstić information content (AvgIpc) is 2.13. The molecule has 0 amide bonds. The van der Waals surface area contributed by atoms with E-state index in [1.54, 1.807) is 19.9 Å². The summed E-state index contributed by atoms with van der Waals surface area (Å²) in [6, 6.07) is 3.13. The van der Waals surface area contributed by atoms with E-state index in [0.29, 0.717) is 22.6 Å². The van der Waals surface area contributed by atoms with Crippen molar-refractivity contribution in [3.8, 4) is 0 Å². The van der Waals surface area contributed by atoms with E-state index in [2.05, 4.69) is 0 Å². The molecule has 3 heteroatoms. The standard InChI is InChI=1S/C10H12ClFO/c1-3-9(13)7-4-5-8(11)6(2)10(7)12/h4-5,9,13H,3H2,1-2H3. The zero-order chi connectivity index (χ0) is 10.0. The summed E-state index contributed by atoms with van der Waals surface area (Å²) in [6.45, 7) is 3.40. The van der Waals surface area contributed by atoms with Gasteiger partial charge in [-0.05, 0) is 19.4 Å². The lowest BCUT2D eigenvalue weighted by atomic mass is 10.0. The largest absolute Gasteiger partial charge is 0.388 e. The van der Waals surface area contributed by atoms with Crippen LogP contribution < -0.4 is 0 Å². The summed E-state index contributed by atoms with van der Waals surface area (Å²) in [7, 11) is 0. The van der Waals surface area contributed by atoms with Crippen molar-refractivity contribution in [2.24, 2.45) is 0 Å². The zero-order valence-electron chi connectivity index (χ0n) is 7.64. The number of rotatable bonds is 2. The highest BCUT2D eigenvalue weighted by Gasteiger charge is 2.13. The average molecular weight is 203 g/mol. The van der Waals surface area contributed by atoms with Gasteiger partial charge in [0.1, 0.15) is 5.82 Å². The molecule has 1 unspecified atom stereocenters. The van der Waals surface area contributed by atoms with Gasteiger partial charge in [-0.15, -0.1) is 0 Å². The number of halogens is 2. The predicted molar refractivity (Wildman–Crippen MR) is 51.4 cm³/mol. The van der Waals surface area contributed by atoms with Gasteiger partial charge in [0.25, 0.3) is 0 Å². The fraction of sp³-hybridized carbons (Fsp3) is 0.400. The molecule has 1 rings (SSSR count). The maximum Gasteiger partial charge on any atom is 0.133 e. The van der Waals surface area contributed by atoms with Crippen LogP contribution in [0.1, 0.15) is 30.6 Å². The third-order valence-corrected chi connectivity index (χ3v) is 2.51. The smallest absolute Gasteiger partial charge is 0.133 e. The van der Waals surface area contributed by atoms with Gasteiger partial charge in [-0.1, -0.05) is 24.6 Å². The molecule has 72 valence electrons. The van der Waals surface area contributed by atoms with Crippen LogP contribution in [0.15, 0.2) is 12.1 Å². The van der Waals surface area contributed by atoms with Crippen molar-refractivity contribution in [2.45, 2.75) is 26.4 Å². The molecule has 0 saturated heterocycles. The summed E-state index contributed by atoms with van der Waals surface area (Å²) >= 11 is 5.71. The van der Waals surface area contributed by atoms with Gasteiger partial charge in [0.15, 0.2) is 0 Å². The summed E-state index contributed by atoms with van der Waals surface area (Å²) in [5.74, 6) is -0.401. The van der Waals surface area contributed by atoms with E-state index in [9.17, 15) is 9.50 Å². The Morgan fingerprint density at radius 3 is 2.69 bits per heavy atom. The molecule has 1 aromatic rings. The molecule has 0 aliphatic carbocycles. The molecule has 1 nitrogen and oxygen atoms in total. The summed E-state index contributed by atoms with van der Waals surface area (Å²) in [6.07, 6.45) is -0.242. The van der Waals surface area contributed by atoms with Gasteiger partial charge in [0.05, 0.1) is 6.10 Å². The molecule has 1 aromatic carbocycles. The molecule has 0 bridgehead atoms. The first-order chi connectivity index (χ1) is 6.07.